The van der Waals surface area contributed by atoms with Gasteiger partial charge in [-0.05, 0) is 79.1 Å². The van der Waals surface area contributed by atoms with Gasteiger partial charge in [-0.1, -0.05) is 32.9 Å². The largest absolute Gasteiger partial charge is 0.459 e. The van der Waals surface area contributed by atoms with Crippen molar-refractivity contribution in [2.45, 2.75) is 148 Å². The van der Waals surface area contributed by atoms with Crippen molar-refractivity contribution < 1.29 is 53.1 Å². The first-order valence-electron chi connectivity index (χ1n) is 20.8. The number of nitrogens with zero attached hydrogens (tertiary/aromatic N) is 6. The molecular weight excluding hydrogens is 764 g/mol. The number of Topliss-reactive ketones (excluding diaryl/α,β-unsaturated/α-hetero) is 1. The number of ether oxygens (including phenoxy) is 5. The summed E-state index contributed by atoms with van der Waals surface area (Å²) in [5.74, 6) is -5.44. The molecule has 1 unspecified atom stereocenters. The Bertz CT molecular complexity index is 1900. The van der Waals surface area contributed by atoms with Crippen molar-refractivity contribution in [1.29, 1.82) is 0 Å². The van der Waals surface area contributed by atoms with E-state index in [0.29, 0.717) is 24.3 Å². The molecule has 2 N–H and O–H groups in total. The van der Waals surface area contributed by atoms with Crippen LogP contribution in [0.3, 0.4) is 0 Å². The summed E-state index contributed by atoms with van der Waals surface area (Å²) >= 11 is 0. The van der Waals surface area contributed by atoms with Gasteiger partial charge in [-0.3, -0.25) is 14.4 Å². The third-order valence-corrected chi connectivity index (χ3v) is 12.7. The Morgan fingerprint density at radius 1 is 1.05 bits per heavy atom. The monoisotopic (exact) mass is 826 g/mol. The number of aromatic nitrogens is 3. The van der Waals surface area contributed by atoms with Gasteiger partial charge in [0.15, 0.2) is 17.7 Å². The summed E-state index contributed by atoms with van der Waals surface area (Å²) in [7, 11) is 3.74. The third kappa shape index (κ3) is 9.31. The minimum Gasteiger partial charge on any atom is -0.459 e. The van der Waals surface area contributed by atoms with Gasteiger partial charge < -0.3 is 48.2 Å². The van der Waals surface area contributed by atoms with E-state index in [0.717, 1.165) is 5.52 Å². The van der Waals surface area contributed by atoms with Crippen molar-refractivity contribution in [2.75, 3.05) is 27.3 Å². The third-order valence-electron chi connectivity index (χ3n) is 12.7. The van der Waals surface area contributed by atoms with E-state index in [-0.39, 0.29) is 50.3 Å². The second kappa shape index (κ2) is 18.1. The van der Waals surface area contributed by atoms with Gasteiger partial charge in [0.1, 0.15) is 29.4 Å². The van der Waals surface area contributed by atoms with Crippen LogP contribution >= 0.6 is 0 Å². The van der Waals surface area contributed by atoms with E-state index in [9.17, 15) is 24.6 Å². The van der Waals surface area contributed by atoms with Crippen LogP contribution in [-0.4, -0.2) is 146 Å². The van der Waals surface area contributed by atoms with Gasteiger partial charge in [0, 0.05) is 42.8 Å². The van der Waals surface area contributed by atoms with Crippen LogP contribution in [-0.2, 0) is 49.5 Å². The predicted octanol–water partition coefficient (Wildman–Crippen LogP) is 3.12. The number of aryl methyl sites for hydroxylation is 1. The van der Waals surface area contributed by atoms with E-state index in [1.807, 2.05) is 56.5 Å². The molecule has 4 aliphatic heterocycles. The Hall–Kier alpha value is -3.71. The van der Waals surface area contributed by atoms with Crippen LogP contribution in [0.2, 0.25) is 0 Å². The number of rotatable bonds is 7. The summed E-state index contributed by atoms with van der Waals surface area (Å²) in [4.78, 5) is 64.1. The minimum atomic E-state index is -1.83. The fourth-order valence-corrected chi connectivity index (χ4v) is 9.32. The smallest absolute Gasteiger partial charge is 0.316 e. The van der Waals surface area contributed by atoms with Gasteiger partial charge in [-0.15, -0.1) is 0 Å². The highest BCUT2D eigenvalue weighted by Gasteiger charge is 2.53. The zero-order valence-corrected chi connectivity index (χ0v) is 35.9. The number of oxime groups is 1. The van der Waals surface area contributed by atoms with Gasteiger partial charge >= 0.3 is 5.97 Å². The summed E-state index contributed by atoms with van der Waals surface area (Å²) in [6.45, 7) is 13.8. The summed E-state index contributed by atoms with van der Waals surface area (Å²) in [5, 5.41) is 28.5. The van der Waals surface area contributed by atoms with Crippen molar-refractivity contribution in [3.63, 3.8) is 0 Å². The van der Waals surface area contributed by atoms with Crippen molar-refractivity contribution in [1.82, 2.24) is 19.4 Å². The molecule has 0 aromatic carbocycles. The average Bonchev–Trinajstić information content (AvgIpc) is 3.60. The van der Waals surface area contributed by atoms with E-state index < -0.39 is 89.3 Å². The number of carbonyl (C=O) groups is 3. The molecule has 59 heavy (non-hydrogen) atoms. The Labute approximate surface area is 345 Å². The van der Waals surface area contributed by atoms with Crippen LogP contribution in [0.4, 0.5) is 0 Å². The predicted molar refractivity (Wildman–Crippen MR) is 215 cm³/mol. The molecule has 4 aliphatic rings. The Balaban J connectivity index is 1.48. The van der Waals surface area contributed by atoms with Gasteiger partial charge in [-0.25, -0.2) is 15.0 Å². The number of aliphatic imine (C=N–C) groups is 1. The van der Waals surface area contributed by atoms with Crippen LogP contribution in [0.5, 0.6) is 0 Å². The number of cyclic esters (lactones) is 1. The number of aliphatic hydroxyl groups excluding tert-OH is 1. The van der Waals surface area contributed by atoms with Crippen LogP contribution in [0.1, 0.15) is 81.1 Å². The van der Waals surface area contributed by atoms with Gasteiger partial charge in [0.05, 0.1) is 49.0 Å². The summed E-state index contributed by atoms with van der Waals surface area (Å²) < 4.78 is 34.3. The lowest BCUT2D eigenvalue weighted by Crippen LogP contribution is -2.60. The number of hydrogen-bond acceptors (Lipinski definition) is 15. The van der Waals surface area contributed by atoms with Crippen LogP contribution < -0.4 is 0 Å². The molecule has 0 radical (unpaired) electrons. The molecule has 17 nitrogen and oxygen atoms in total. The molecule has 4 bridgehead atoms. The fourth-order valence-electron chi connectivity index (χ4n) is 9.32. The number of fused-ring (bicyclic) bond motifs is 5. The number of esters is 1. The molecule has 17 heteroatoms. The second-order valence-corrected chi connectivity index (χ2v) is 17.5. The molecule has 326 valence electrons. The molecular formula is C42H62N6O11. The highest BCUT2D eigenvalue weighted by Crippen LogP contribution is 2.40. The Kier molecular flexibility index (Phi) is 13.8. The van der Waals surface area contributed by atoms with Crippen molar-refractivity contribution >= 4 is 40.2 Å². The lowest BCUT2D eigenvalue weighted by molar-refractivity contribution is -0.296. The lowest BCUT2D eigenvalue weighted by atomic mass is 9.73. The molecule has 3 saturated heterocycles. The van der Waals surface area contributed by atoms with Crippen molar-refractivity contribution in [3.05, 3.63) is 24.7 Å². The zero-order chi connectivity index (χ0) is 43.0. The van der Waals surface area contributed by atoms with Gasteiger partial charge in [-0.2, -0.15) is 0 Å². The van der Waals surface area contributed by atoms with Gasteiger partial charge in [0.2, 0.25) is 6.10 Å². The quantitative estimate of drug-likeness (QED) is 0.304. The van der Waals surface area contributed by atoms with E-state index in [1.54, 1.807) is 33.3 Å². The number of likely N-dealkylation sites (N-methyl/N-ethyl adjacent to an activating group) is 1. The highest BCUT2D eigenvalue weighted by molar-refractivity contribution is 6.01. The number of aliphatic hydroxyl groups is 2. The van der Waals surface area contributed by atoms with Crippen molar-refractivity contribution in [3.8, 4) is 0 Å². The lowest BCUT2D eigenvalue weighted by Gasteiger charge is -2.47. The highest BCUT2D eigenvalue weighted by atomic mass is 16.7. The van der Waals surface area contributed by atoms with Crippen LogP contribution in [0.25, 0.3) is 11.2 Å². The molecule has 6 rings (SSSR count). The molecule has 6 heterocycles. The topological polar surface area (TPSA) is 206 Å². The van der Waals surface area contributed by atoms with Crippen molar-refractivity contribution in [2.24, 2.45) is 33.8 Å². The molecule has 1 amide bonds. The Morgan fingerprint density at radius 3 is 2.51 bits per heavy atom. The number of imidazole rings is 1. The molecule has 2 aromatic rings. The van der Waals surface area contributed by atoms with E-state index in [2.05, 4.69) is 15.1 Å². The molecule has 14 atom stereocenters. The summed E-state index contributed by atoms with van der Waals surface area (Å²) in [5.41, 5.74) is -1.20. The fraction of sp³-hybridized carbons (Fsp3) is 0.738. The maximum absolute atomic E-state index is 14.5. The molecule has 2 aromatic heterocycles. The second-order valence-electron chi connectivity index (χ2n) is 17.5. The summed E-state index contributed by atoms with van der Waals surface area (Å²) in [6, 6.07) is 3.39. The van der Waals surface area contributed by atoms with E-state index >= 15 is 0 Å². The zero-order valence-electron chi connectivity index (χ0n) is 35.9. The first-order valence-corrected chi connectivity index (χ1v) is 20.8. The average molecular weight is 827 g/mol. The first kappa shape index (κ1) is 44.8. The van der Waals surface area contributed by atoms with E-state index in [4.69, 9.17) is 33.5 Å². The number of ketones is 1. The number of carbonyl (C=O) groups excluding carboxylic acids is 3. The molecule has 0 saturated carbocycles. The minimum absolute atomic E-state index is 0.152. The standard InChI is InChI=1S/C42H62N6O11/c1-11-31-42(8,53)36-24(4)32-22(2)18-41(7,35(25(5)33(49)26(6)39(52)57-31)58-40-34(50)29(47(9)10)17-23(3)56-40)55-20-27(19-54-36)46-59-30(38(51)45-32)14-16-48-21-44-37-28(48)13-12-15-43-37/h12-13,15,21-26,29-31,34-36,40,50,53H,11,14,16-20H2,1-10H3/b45-32?,46-27-/t22-,23-,24+,25+,26-,29+,30?,31-,34-,35-,36-,40+,41-,42-/m1/s1. The summed E-state index contributed by atoms with van der Waals surface area (Å²) in [6.07, 6.45) is -2.59. The molecule has 0 aliphatic carbocycles. The SMILES string of the molecule is CC[C@H]1OC(=O)[C@H](C)C(=O)[C@H](C)[C@@H](O[C@@H]2O[C@H](C)C[C@H](N(C)C)[C@H]2O)[C@@]2(C)C[C@@H](C)C3=NC(=O)C(CCn4cnc5ncccc54)O/N=C(/CO[C@H]([C@H]3C)[C@]1(C)O)CO2. The Morgan fingerprint density at radius 2 is 1.80 bits per heavy atom. The first-order chi connectivity index (χ1) is 27.9. The number of hydrogen-bond donors (Lipinski definition) is 2. The maximum Gasteiger partial charge on any atom is 0.316 e. The van der Waals surface area contributed by atoms with Gasteiger partial charge in [0.25, 0.3) is 5.91 Å². The van der Waals surface area contributed by atoms with Crippen LogP contribution in [0.15, 0.2) is 34.8 Å². The maximum atomic E-state index is 14.5. The van der Waals surface area contributed by atoms with Crippen LogP contribution in [0, 0.1) is 23.7 Å². The number of amides is 1. The van der Waals surface area contributed by atoms with E-state index in [1.165, 1.54) is 13.8 Å². The molecule has 0 spiro atoms. The number of pyridine rings is 1. The molecule has 3 fully saturated rings. The normalized spacial score (nSPS) is 40.1.